The molecular weight excluding hydrogens is 330 g/mol. The molecule has 0 spiro atoms. The minimum absolute atomic E-state index is 0.0668. The van der Waals surface area contributed by atoms with Gasteiger partial charge in [-0.15, -0.1) is 0 Å². The molecule has 3 rings (SSSR count). The second-order valence-electron chi connectivity index (χ2n) is 5.91. The lowest BCUT2D eigenvalue weighted by Crippen LogP contribution is -2.27. The summed E-state index contributed by atoms with van der Waals surface area (Å²) in [6.07, 6.45) is 0. The van der Waals surface area contributed by atoms with E-state index in [-0.39, 0.29) is 11.9 Å². The monoisotopic (exact) mass is 351 g/mol. The van der Waals surface area contributed by atoms with E-state index in [1.165, 1.54) is 0 Å². The molecule has 1 unspecified atom stereocenters. The second kappa shape index (κ2) is 7.57. The normalized spacial score (nSPS) is 12.0. The molecule has 0 bridgehead atoms. The Labute approximate surface area is 152 Å². The molecule has 128 valence electrons. The zero-order valence-corrected chi connectivity index (χ0v) is 15.4. The average molecular weight is 351 g/mol. The molecule has 0 aliphatic rings. The summed E-state index contributed by atoms with van der Waals surface area (Å²) in [4.78, 5) is 14.0. The molecule has 1 atom stereocenters. The molecule has 0 saturated heterocycles. The summed E-state index contributed by atoms with van der Waals surface area (Å²) in [5.74, 6) is -0.0969. The molecule has 0 fully saturated rings. The first-order valence-electron chi connectivity index (χ1n) is 8.18. The lowest BCUT2D eigenvalue weighted by atomic mass is 10.1. The van der Waals surface area contributed by atoms with Crippen LogP contribution in [-0.4, -0.2) is 15.7 Å². The summed E-state index contributed by atoms with van der Waals surface area (Å²) in [5, 5.41) is 8.38. The van der Waals surface area contributed by atoms with Crippen LogP contribution in [0.1, 0.15) is 34.6 Å². The zero-order chi connectivity index (χ0) is 17.8. The highest BCUT2D eigenvalue weighted by molar-refractivity contribution is 7.99. The number of benzene rings is 2. The summed E-state index contributed by atoms with van der Waals surface area (Å²) in [7, 11) is 1.87. The fourth-order valence-corrected chi connectivity index (χ4v) is 3.74. The third-order valence-electron chi connectivity index (χ3n) is 4.00. The molecule has 0 radical (unpaired) electrons. The van der Waals surface area contributed by atoms with E-state index >= 15 is 0 Å². The number of aryl methyl sites for hydroxylation is 2. The molecule has 4 nitrogen and oxygen atoms in total. The molecule has 1 aromatic heterocycles. The van der Waals surface area contributed by atoms with E-state index in [0.29, 0.717) is 5.56 Å². The van der Waals surface area contributed by atoms with Gasteiger partial charge in [0.25, 0.3) is 5.91 Å². The van der Waals surface area contributed by atoms with Crippen LogP contribution in [0, 0.1) is 6.92 Å². The highest BCUT2D eigenvalue weighted by atomic mass is 32.2. The molecule has 5 heteroatoms. The Morgan fingerprint density at radius 2 is 1.68 bits per heavy atom. The molecule has 25 heavy (non-hydrogen) atoms. The van der Waals surface area contributed by atoms with E-state index in [1.54, 1.807) is 16.4 Å². The summed E-state index contributed by atoms with van der Waals surface area (Å²) < 4.78 is 1.77. The Balaban J connectivity index is 1.85. The van der Waals surface area contributed by atoms with Crippen molar-refractivity contribution in [3.63, 3.8) is 0 Å². The van der Waals surface area contributed by atoms with Gasteiger partial charge < -0.3 is 5.32 Å². The Kier molecular flexibility index (Phi) is 5.24. The molecule has 1 heterocycles. The third kappa shape index (κ3) is 3.94. The maximum absolute atomic E-state index is 12.9. The predicted octanol–water partition coefficient (Wildman–Crippen LogP) is 4.37. The summed E-state index contributed by atoms with van der Waals surface area (Å²) in [6.45, 7) is 3.86. The Morgan fingerprint density at radius 1 is 1.08 bits per heavy atom. The van der Waals surface area contributed by atoms with Gasteiger partial charge in [-0.1, -0.05) is 60.3 Å². The number of carbonyl (C=O) groups excluding carboxylic acids is 1. The van der Waals surface area contributed by atoms with Gasteiger partial charge in [-0.05, 0) is 31.5 Å². The topological polar surface area (TPSA) is 46.9 Å². The van der Waals surface area contributed by atoms with E-state index in [2.05, 4.69) is 10.4 Å². The van der Waals surface area contributed by atoms with Crippen molar-refractivity contribution in [2.45, 2.75) is 29.8 Å². The minimum Gasteiger partial charge on any atom is -0.345 e. The molecule has 0 saturated carbocycles. The average Bonchev–Trinajstić information content (AvgIpc) is 2.90. The van der Waals surface area contributed by atoms with Gasteiger partial charge in [-0.2, -0.15) is 5.10 Å². The van der Waals surface area contributed by atoms with Crippen LogP contribution >= 0.6 is 11.8 Å². The van der Waals surface area contributed by atoms with Crippen LogP contribution in [0.2, 0.25) is 0 Å². The van der Waals surface area contributed by atoms with Crippen molar-refractivity contribution in [2.24, 2.45) is 7.05 Å². The van der Waals surface area contributed by atoms with Crippen LogP contribution in [0.4, 0.5) is 0 Å². The van der Waals surface area contributed by atoms with Gasteiger partial charge in [-0.3, -0.25) is 9.48 Å². The van der Waals surface area contributed by atoms with Gasteiger partial charge in [0.05, 0.1) is 17.3 Å². The van der Waals surface area contributed by atoms with Crippen molar-refractivity contribution in [3.8, 4) is 0 Å². The highest BCUT2D eigenvalue weighted by Crippen LogP contribution is 2.31. The number of nitrogens with zero attached hydrogens (tertiary/aromatic N) is 2. The van der Waals surface area contributed by atoms with Crippen LogP contribution in [0.5, 0.6) is 0 Å². The van der Waals surface area contributed by atoms with E-state index < -0.39 is 0 Å². The number of amides is 1. The summed E-state index contributed by atoms with van der Waals surface area (Å²) >= 11 is 1.55. The van der Waals surface area contributed by atoms with E-state index in [9.17, 15) is 4.79 Å². The van der Waals surface area contributed by atoms with Gasteiger partial charge in [-0.25, -0.2) is 0 Å². The van der Waals surface area contributed by atoms with Gasteiger partial charge >= 0.3 is 0 Å². The van der Waals surface area contributed by atoms with Crippen LogP contribution in [0.15, 0.2) is 70.6 Å². The summed E-state index contributed by atoms with van der Waals surface area (Å²) in [6, 6.07) is 19.9. The Hall–Kier alpha value is -2.53. The number of hydrogen-bond donors (Lipinski definition) is 1. The SMILES string of the molecule is Cc1nn(C)c(Sc2ccccc2)c1C(=O)NC(C)c1ccccc1. The minimum atomic E-state index is -0.0969. The standard InChI is InChI=1S/C20H21N3OS/c1-14(16-10-6-4-7-11-16)21-19(24)18-15(2)22-23(3)20(18)25-17-12-8-5-9-13-17/h4-14H,1-3H3,(H,21,24). The van der Waals surface area contributed by atoms with Crippen LogP contribution in [-0.2, 0) is 7.05 Å². The molecular formula is C20H21N3OS. The maximum atomic E-state index is 12.9. The van der Waals surface area contributed by atoms with Crippen molar-refractivity contribution in [2.75, 3.05) is 0 Å². The second-order valence-corrected chi connectivity index (χ2v) is 6.97. The zero-order valence-electron chi connectivity index (χ0n) is 14.6. The van der Waals surface area contributed by atoms with Gasteiger partial charge in [0, 0.05) is 11.9 Å². The molecule has 1 N–H and O–H groups in total. The third-order valence-corrected chi connectivity index (χ3v) is 5.17. The number of hydrogen-bond acceptors (Lipinski definition) is 3. The van der Waals surface area contributed by atoms with Gasteiger partial charge in [0.15, 0.2) is 0 Å². The lowest BCUT2D eigenvalue weighted by molar-refractivity contribution is 0.0936. The van der Waals surface area contributed by atoms with Crippen LogP contribution < -0.4 is 5.32 Å². The molecule has 0 aliphatic carbocycles. The maximum Gasteiger partial charge on any atom is 0.256 e. The van der Waals surface area contributed by atoms with Crippen LogP contribution in [0.25, 0.3) is 0 Å². The van der Waals surface area contributed by atoms with E-state index in [0.717, 1.165) is 21.2 Å². The molecule has 3 aromatic rings. The smallest absolute Gasteiger partial charge is 0.256 e. The molecule has 0 aliphatic heterocycles. The molecule has 2 aromatic carbocycles. The number of nitrogens with one attached hydrogen (secondary N) is 1. The number of aromatic nitrogens is 2. The fraction of sp³-hybridized carbons (Fsp3) is 0.200. The van der Waals surface area contributed by atoms with Crippen LogP contribution in [0.3, 0.4) is 0 Å². The van der Waals surface area contributed by atoms with Crippen molar-refractivity contribution >= 4 is 17.7 Å². The first-order chi connectivity index (χ1) is 12.1. The van der Waals surface area contributed by atoms with Crippen molar-refractivity contribution in [1.82, 2.24) is 15.1 Å². The van der Waals surface area contributed by atoms with Gasteiger partial charge in [0.2, 0.25) is 0 Å². The van der Waals surface area contributed by atoms with E-state index in [4.69, 9.17) is 0 Å². The lowest BCUT2D eigenvalue weighted by Gasteiger charge is -2.15. The summed E-state index contributed by atoms with van der Waals surface area (Å²) in [5.41, 5.74) is 2.45. The van der Waals surface area contributed by atoms with Crippen molar-refractivity contribution in [1.29, 1.82) is 0 Å². The van der Waals surface area contributed by atoms with E-state index in [1.807, 2.05) is 81.6 Å². The van der Waals surface area contributed by atoms with Crippen molar-refractivity contribution in [3.05, 3.63) is 77.5 Å². The largest absolute Gasteiger partial charge is 0.345 e. The first-order valence-corrected chi connectivity index (χ1v) is 9.00. The highest BCUT2D eigenvalue weighted by Gasteiger charge is 2.22. The quantitative estimate of drug-likeness (QED) is 0.742. The fourth-order valence-electron chi connectivity index (χ4n) is 2.71. The number of rotatable bonds is 5. The Bertz CT molecular complexity index is 859. The predicted molar refractivity (Wildman–Crippen MR) is 101 cm³/mol. The van der Waals surface area contributed by atoms with Gasteiger partial charge in [0.1, 0.15) is 5.03 Å². The van der Waals surface area contributed by atoms with Crippen molar-refractivity contribution < 1.29 is 4.79 Å². The molecule has 1 amide bonds. The number of carbonyl (C=O) groups is 1. The first kappa shape index (κ1) is 17.3. The Morgan fingerprint density at radius 3 is 2.32 bits per heavy atom.